The number of piperidine rings is 3. The first-order valence-corrected chi connectivity index (χ1v) is 25.6. The monoisotopic (exact) mass is 1010 g/mol. The van der Waals surface area contributed by atoms with Gasteiger partial charge in [-0.05, 0) is 93.1 Å². The second-order valence-electron chi connectivity index (χ2n) is 19.7. The van der Waals surface area contributed by atoms with Gasteiger partial charge in [-0.1, -0.05) is 24.0 Å². The Morgan fingerprint density at radius 2 is 1.60 bits per heavy atom. The quantitative estimate of drug-likeness (QED) is 0.105. The first kappa shape index (κ1) is 49.0. The summed E-state index contributed by atoms with van der Waals surface area (Å²) in [7, 11) is 0. The predicted molar refractivity (Wildman–Crippen MR) is 279 cm³/mol. The molecule has 5 aromatic heterocycles. The fourth-order valence-corrected chi connectivity index (χ4v) is 10.8. The van der Waals surface area contributed by atoms with Gasteiger partial charge in [0, 0.05) is 112 Å². The number of piperazine rings is 1. The Bertz CT molecular complexity index is 3290. The van der Waals surface area contributed by atoms with Crippen LogP contribution in [0, 0.1) is 36.3 Å². The van der Waals surface area contributed by atoms with E-state index in [1.165, 1.54) is 12.1 Å². The number of imide groups is 1. The van der Waals surface area contributed by atoms with E-state index >= 15 is 8.78 Å². The molecule has 9 heterocycles. The summed E-state index contributed by atoms with van der Waals surface area (Å²) < 4.78 is 41.4. The highest BCUT2D eigenvalue weighted by molar-refractivity contribution is 6.01. The lowest BCUT2D eigenvalue weighted by Gasteiger charge is -2.37. The van der Waals surface area contributed by atoms with Crippen molar-refractivity contribution in [3.63, 3.8) is 0 Å². The minimum atomic E-state index is -0.652. The zero-order chi connectivity index (χ0) is 51.6. The van der Waals surface area contributed by atoms with Gasteiger partial charge in [0.25, 0.3) is 0 Å². The Morgan fingerprint density at radius 1 is 0.827 bits per heavy atom. The third-order valence-corrected chi connectivity index (χ3v) is 14.9. The summed E-state index contributed by atoms with van der Waals surface area (Å²) in [6.45, 7) is 7.63. The largest absolute Gasteiger partial charge is 0.489 e. The lowest BCUT2D eigenvalue weighted by molar-refractivity contribution is -0.137. The molecule has 4 fully saturated rings. The van der Waals surface area contributed by atoms with Gasteiger partial charge in [0.15, 0.2) is 17.3 Å². The van der Waals surface area contributed by atoms with Crippen LogP contribution in [0.3, 0.4) is 0 Å². The first-order chi connectivity index (χ1) is 36.5. The minimum Gasteiger partial charge on any atom is -0.489 e. The van der Waals surface area contributed by atoms with E-state index in [1.807, 2.05) is 70.5 Å². The number of nitrogens with one attached hydrogen (secondary N) is 1. The number of halogens is 2. The molecule has 3 amide bonds. The van der Waals surface area contributed by atoms with Crippen LogP contribution in [-0.4, -0.2) is 121 Å². The topological polar surface area (TPSA) is 186 Å². The number of hydrogen-bond acceptors (Lipinski definition) is 13. The van der Waals surface area contributed by atoms with E-state index in [0.29, 0.717) is 105 Å². The van der Waals surface area contributed by atoms with Crippen LogP contribution in [0.2, 0.25) is 0 Å². The second-order valence-corrected chi connectivity index (χ2v) is 19.7. The maximum Gasteiger partial charge on any atom is 0.234 e. The fourth-order valence-electron chi connectivity index (χ4n) is 10.8. The molecule has 11 rings (SSSR count). The van der Waals surface area contributed by atoms with Gasteiger partial charge in [-0.3, -0.25) is 33.8 Å². The third kappa shape index (κ3) is 10.7. The number of nitrogens with zero attached hydrogens (tertiary/aromatic N) is 11. The molecule has 0 spiro atoms. The number of nitrogen functional groups attached to an aromatic ring is 1. The van der Waals surface area contributed by atoms with Gasteiger partial charge in [-0.15, -0.1) is 0 Å². The number of rotatable bonds is 11. The fraction of sp³-hybridized carbons (Fsp3) is 0.357. The van der Waals surface area contributed by atoms with Crippen molar-refractivity contribution in [1.82, 2.24) is 49.4 Å². The molecule has 4 aliphatic rings. The zero-order valence-corrected chi connectivity index (χ0v) is 41.7. The summed E-state index contributed by atoms with van der Waals surface area (Å²) in [5.74, 6) is 7.06. The predicted octanol–water partition coefficient (Wildman–Crippen LogP) is 6.60. The summed E-state index contributed by atoms with van der Waals surface area (Å²) in [6.07, 6.45) is 11.3. The lowest BCUT2D eigenvalue weighted by atomic mass is 9.90. The van der Waals surface area contributed by atoms with Crippen LogP contribution in [-0.2, 0) is 21.0 Å². The first-order valence-electron chi connectivity index (χ1n) is 25.6. The average molecular weight is 1010 g/mol. The summed E-state index contributed by atoms with van der Waals surface area (Å²) in [5.41, 5.74) is 11.3. The van der Waals surface area contributed by atoms with E-state index in [-0.39, 0.29) is 41.3 Å². The van der Waals surface area contributed by atoms with Crippen molar-refractivity contribution >= 4 is 46.2 Å². The number of anilines is 3. The molecule has 0 radical (unpaired) electrons. The molecule has 4 saturated heterocycles. The normalized spacial score (nSPS) is 18.0. The van der Waals surface area contributed by atoms with E-state index in [4.69, 9.17) is 20.4 Å². The van der Waals surface area contributed by atoms with E-state index in [1.54, 1.807) is 40.9 Å². The Kier molecular flexibility index (Phi) is 13.9. The van der Waals surface area contributed by atoms with Crippen LogP contribution < -0.4 is 25.6 Å². The maximum atomic E-state index is 15.9. The second kappa shape index (κ2) is 21.3. The van der Waals surface area contributed by atoms with Crippen molar-refractivity contribution in [3.05, 3.63) is 132 Å². The van der Waals surface area contributed by atoms with Gasteiger partial charge in [0.2, 0.25) is 17.7 Å². The van der Waals surface area contributed by atoms with Crippen LogP contribution >= 0.6 is 0 Å². The lowest BCUT2D eigenvalue weighted by Crippen LogP contribution is -2.47. The van der Waals surface area contributed by atoms with Crippen molar-refractivity contribution in [1.29, 1.82) is 0 Å². The number of hydrogen-bond donors (Lipinski definition) is 2. The number of nitrogens with two attached hydrogens (primary N) is 1. The number of ether oxygens (including phenoxy) is 1. The number of carbonyl (C=O) groups is 3. The number of fused-ring (bicyclic) bond motifs is 1. The number of carbonyl (C=O) groups excluding carboxylic acids is 3. The molecule has 384 valence electrons. The molecule has 19 heteroatoms. The number of benzene rings is 2. The molecule has 17 nitrogen and oxygen atoms in total. The van der Waals surface area contributed by atoms with Crippen molar-refractivity contribution in [2.75, 3.05) is 74.4 Å². The van der Waals surface area contributed by atoms with Crippen LogP contribution in [0.25, 0.3) is 28.1 Å². The number of aromatic nitrogens is 7. The number of aryl methyl sites for hydroxylation is 1. The Balaban J connectivity index is 0.606. The average Bonchev–Trinajstić information content (AvgIpc) is 4.05. The van der Waals surface area contributed by atoms with Gasteiger partial charge in [0.05, 0.1) is 36.1 Å². The van der Waals surface area contributed by atoms with E-state index < -0.39 is 11.6 Å². The number of likely N-dealkylation sites (tertiary alicyclic amines) is 1. The number of amides is 3. The summed E-state index contributed by atoms with van der Waals surface area (Å²) >= 11 is 0. The van der Waals surface area contributed by atoms with Crippen molar-refractivity contribution in [3.8, 4) is 34.5 Å². The molecule has 0 saturated carbocycles. The molecule has 0 aliphatic carbocycles. The van der Waals surface area contributed by atoms with Crippen LogP contribution in [0.4, 0.5) is 26.1 Å². The molecule has 1 atom stereocenters. The van der Waals surface area contributed by atoms with E-state index in [9.17, 15) is 14.4 Å². The molecule has 1 unspecified atom stereocenters. The molecular weight excluding hydrogens is 957 g/mol. The molecular formula is C56H57F2N13O4. The highest BCUT2D eigenvalue weighted by Crippen LogP contribution is 2.33. The maximum absolute atomic E-state index is 15.9. The van der Waals surface area contributed by atoms with Crippen molar-refractivity contribution in [2.45, 2.75) is 64.0 Å². The SMILES string of the molecule is Cc1nc2ccc(-c3ccnc(N)c3)nc2n1-c1cc(F)c(N2CCN(CC#Cc3ccc(N4CCC(C(=O)N5CCC(n6cc(COc7ccc(C8CCC(=O)NC8=O)cc7)cn6)CC5)CC4)nc3)CC2)c(F)c1. The van der Waals surface area contributed by atoms with Gasteiger partial charge in [-0.2, -0.15) is 5.10 Å². The third-order valence-electron chi connectivity index (χ3n) is 14.9. The zero-order valence-electron chi connectivity index (χ0n) is 41.7. The Morgan fingerprint density at radius 3 is 2.32 bits per heavy atom. The van der Waals surface area contributed by atoms with Crippen molar-refractivity contribution < 1.29 is 27.9 Å². The molecule has 0 bridgehead atoms. The van der Waals surface area contributed by atoms with Crippen molar-refractivity contribution in [2.24, 2.45) is 5.92 Å². The summed E-state index contributed by atoms with van der Waals surface area (Å²) in [4.78, 5) is 63.8. The van der Waals surface area contributed by atoms with E-state index in [0.717, 1.165) is 66.8 Å². The van der Waals surface area contributed by atoms with Gasteiger partial charge in [0.1, 0.15) is 41.0 Å². The minimum absolute atomic E-state index is 0.0132. The summed E-state index contributed by atoms with van der Waals surface area (Å²) in [5, 5.41) is 7.04. The molecule has 4 aliphatic heterocycles. The van der Waals surface area contributed by atoms with Gasteiger partial charge < -0.3 is 25.2 Å². The molecule has 3 N–H and O–H groups in total. The highest BCUT2D eigenvalue weighted by atomic mass is 19.1. The molecule has 75 heavy (non-hydrogen) atoms. The standard InChI is InChI=1S/C56H57F2N13O4/c1-36-63-49-11-10-48(41-14-19-60-50(59)29-41)64-54(49)71(36)43-30-46(57)53(47(58)31-43)68-27-25-66(26-28-68)20-2-3-37-4-12-51(61-32-37)67-21-15-40(16-22-67)56(74)69-23-17-42(18-24-69)70-34-38(33-62-70)35-75-44-7-5-39(6-8-44)45-9-13-52(72)65-55(45)73/h4-8,10-12,14,19,29-34,40,42,45H,9,13,15-18,20-28,35H2,1H3,(H2,59,60)(H,65,72,73). The van der Waals surface area contributed by atoms with Gasteiger partial charge in [-0.25, -0.2) is 28.7 Å². The van der Waals surface area contributed by atoms with Crippen LogP contribution in [0.5, 0.6) is 5.75 Å². The highest BCUT2D eigenvalue weighted by Gasteiger charge is 2.33. The molecule has 2 aromatic carbocycles. The Labute approximate surface area is 432 Å². The number of imidazole rings is 1. The van der Waals surface area contributed by atoms with Gasteiger partial charge >= 0.3 is 0 Å². The summed E-state index contributed by atoms with van der Waals surface area (Å²) in [6, 6.07) is 21.5. The smallest absolute Gasteiger partial charge is 0.234 e. The molecule has 7 aromatic rings. The Hall–Kier alpha value is -8.24. The van der Waals surface area contributed by atoms with E-state index in [2.05, 4.69) is 42.0 Å². The van der Waals surface area contributed by atoms with Crippen LogP contribution in [0.1, 0.15) is 73.0 Å². The van der Waals surface area contributed by atoms with Crippen LogP contribution in [0.15, 0.2) is 97.6 Å². The number of pyridine rings is 3.